The average Bonchev–Trinajstić information content (AvgIpc) is 2.37. The quantitative estimate of drug-likeness (QED) is 0.816. The first kappa shape index (κ1) is 14.2. The molecule has 0 fully saturated rings. The fourth-order valence-electron chi connectivity index (χ4n) is 1.42. The molecule has 1 N–H and O–H groups in total. The molecule has 0 aliphatic rings. The molecule has 98 valence electrons. The predicted octanol–water partition coefficient (Wildman–Crippen LogP) is 3.04. The van der Waals surface area contributed by atoms with Gasteiger partial charge in [0.1, 0.15) is 6.10 Å². The Labute approximate surface area is 107 Å². The van der Waals surface area contributed by atoms with Gasteiger partial charge < -0.3 is 9.84 Å². The zero-order valence-electron chi connectivity index (χ0n) is 10.8. The third-order valence-electron chi connectivity index (χ3n) is 2.93. The number of carbonyl (C=O) groups is 2. The normalized spacial score (nSPS) is 13.7. The lowest BCUT2D eigenvalue weighted by atomic mass is 10.1. The molecule has 1 aromatic carbocycles. The van der Waals surface area contributed by atoms with E-state index in [1.54, 1.807) is 19.1 Å². The number of carboxylic acid groups (broad SMARTS) is 1. The van der Waals surface area contributed by atoms with Crippen LogP contribution in [0.3, 0.4) is 0 Å². The number of esters is 1. The zero-order valence-corrected chi connectivity index (χ0v) is 10.8. The van der Waals surface area contributed by atoms with E-state index < -0.39 is 5.97 Å². The molecule has 2 atom stereocenters. The Morgan fingerprint density at radius 3 is 2.22 bits per heavy atom. The van der Waals surface area contributed by atoms with Gasteiger partial charge in [-0.1, -0.05) is 26.0 Å². The first-order valence-electron chi connectivity index (χ1n) is 5.99. The highest BCUT2D eigenvalue weighted by atomic mass is 16.5. The molecular weight excluding hydrogens is 232 g/mol. The summed E-state index contributed by atoms with van der Waals surface area (Å²) in [5.41, 5.74) is 1.01. The molecule has 0 aliphatic heterocycles. The number of aromatic carboxylic acids is 1. The van der Waals surface area contributed by atoms with E-state index in [0.29, 0.717) is 0 Å². The molecule has 0 saturated carbocycles. The maximum atomic E-state index is 11.6. The number of ether oxygens (including phenoxy) is 1. The van der Waals surface area contributed by atoms with Crippen LogP contribution in [0.5, 0.6) is 0 Å². The van der Waals surface area contributed by atoms with Crippen molar-refractivity contribution in [3.8, 4) is 0 Å². The Bertz CT molecular complexity index is 422. The molecule has 1 rings (SSSR count). The molecule has 1 aromatic rings. The minimum atomic E-state index is -0.967. The van der Waals surface area contributed by atoms with E-state index in [4.69, 9.17) is 9.84 Å². The molecule has 0 spiro atoms. The van der Waals surface area contributed by atoms with Crippen molar-refractivity contribution in [2.75, 3.05) is 0 Å². The number of carboxylic acids is 1. The van der Waals surface area contributed by atoms with Crippen LogP contribution >= 0.6 is 0 Å². The Balaban J connectivity index is 2.70. The molecule has 4 heteroatoms. The third kappa shape index (κ3) is 3.58. The van der Waals surface area contributed by atoms with Gasteiger partial charge in [-0.3, -0.25) is 4.79 Å². The molecule has 0 radical (unpaired) electrons. The first-order valence-corrected chi connectivity index (χ1v) is 5.99. The SMILES string of the molecule is CC[C@H](C)C(=O)OC(C)c1ccc(C(=O)O)cc1. The summed E-state index contributed by atoms with van der Waals surface area (Å²) in [6, 6.07) is 6.34. The number of hydrogen-bond acceptors (Lipinski definition) is 3. The van der Waals surface area contributed by atoms with Crippen LogP contribution < -0.4 is 0 Å². The van der Waals surface area contributed by atoms with Gasteiger partial charge in [-0.05, 0) is 31.0 Å². The fraction of sp³-hybridized carbons (Fsp3) is 0.429. The summed E-state index contributed by atoms with van der Waals surface area (Å²) in [5.74, 6) is -1.32. The molecule has 0 heterocycles. The number of benzene rings is 1. The van der Waals surface area contributed by atoms with Crippen molar-refractivity contribution in [3.05, 3.63) is 35.4 Å². The van der Waals surface area contributed by atoms with Gasteiger partial charge in [-0.25, -0.2) is 4.79 Å². The van der Waals surface area contributed by atoms with Gasteiger partial charge in [-0.15, -0.1) is 0 Å². The highest BCUT2D eigenvalue weighted by Gasteiger charge is 2.16. The minimum absolute atomic E-state index is 0.120. The van der Waals surface area contributed by atoms with Crippen LogP contribution in [0.25, 0.3) is 0 Å². The summed E-state index contributed by atoms with van der Waals surface area (Å²) in [6.45, 7) is 5.52. The summed E-state index contributed by atoms with van der Waals surface area (Å²) in [4.78, 5) is 22.3. The summed E-state index contributed by atoms with van der Waals surface area (Å²) in [5, 5.41) is 8.78. The van der Waals surface area contributed by atoms with E-state index in [-0.39, 0.29) is 23.6 Å². The zero-order chi connectivity index (χ0) is 13.7. The molecule has 4 nitrogen and oxygen atoms in total. The molecule has 0 aromatic heterocycles. The van der Waals surface area contributed by atoms with Gasteiger partial charge in [-0.2, -0.15) is 0 Å². The second kappa shape index (κ2) is 6.19. The lowest BCUT2D eigenvalue weighted by molar-refractivity contribution is -0.153. The molecule has 0 saturated heterocycles. The van der Waals surface area contributed by atoms with Crippen molar-refractivity contribution in [2.45, 2.75) is 33.3 Å². The van der Waals surface area contributed by atoms with E-state index in [9.17, 15) is 9.59 Å². The highest BCUT2D eigenvalue weighted by molar-refractivity contribution is 5.87. The monoisotopic (exact) mass is 250 g/mol. The molecule has 1 unspecified atom stereocenters. The third-order valence-corrected chi connectivity index (χ3v) is 2.93. The van der Waals surface area contributed by atoms with Crippen LogP contribution in [0.2, 0.25) is 0 Å². The summed E-state index contributed by atoms with van der Waals surface area (Å²) in [6.07, 6.45) is 0.373. The van der Waals surface area contributed by atoms with Gasteiger partial charge in [0.15, 0.2) is 0 Å². The summed E-state index contributed by atoms with van der Waals surface area (Å²) >= 11 is 0. The summed E-state index contributed by atoms with van der Waals surface area (Å²) < 4.78 is 5.30. The van der Waals surface area contributed by atoms with Crippen LogP contribution in [-0.4, -0.2) is 17.0 Å². The fourth-order valence-corrected chi connectivity index (χ4v) is 1.42. The second-order valence-corrected chi connectivity index (χ2v) is 4.32. The van der Waals surface area contributed by atoms with Gasteiger partial charge in [0.2, 0.25) is 0 Å². The van der Waals surface area contributed by atoms with Crippen LogP contribution in [0.1, 0.15) is 49.2 Å². The average molecular weight is 250 g/mol. The van der Waals surface area contributed by atoms with Crippen LogP contribution in [0.15, 0.2) is 24.3 Å². The standard InChI is InChI=1S/C14H18O4/c1-4-9(2)14(17)18-10(3)11-5-7-12(8-6-11)13(15)16/h5-10H,4H2,1-3H3,(H,15,16)/t9-,10?/m0/s1. The van der Waals surface area contributed by atoms with E-state index in [1.165, 1.54) is 12.1 Å². The van der Waals surface area contributed by atoms with Gasteiger partial charge >= 0.3 is 11.9 Å². The molecular formula is C14H18O4. The van der Waals surface area contributed by atoms with Crippen molar-refractivity contribution in [1.29, 1.82) is 0 Å². The van der Waals surface area contributed by atoms with E-state index in [0.717, 1.165) is 12.0 Å². The number of hydrogen-bond donors (Lipinski definition) is 1. The van der Waals surface area contributed by atoms with Crippen molar-refractivity contribution < 1.29 is 19.4 Å². The van der Waals surface area contributed by atoms with Gasteiger partial charge in [0.25, 0.3) is 0 Å². The van der Waals surface area contributed by atoms with Gasteiger partial charge in [0.05, 0.1) is 11.5 Å². The van der Waals surface area contributed by atoms with Crippen molar-refractivity contribution >= 4 is 11.9 Å². The predicted molar refractivity (Wildman–Crippen MR) is 67.4 cm³/mol. The van der Waals surface area contributed by atoms with E-state index >= 15 is 0 Å². The Kier molecular flexibility index (Phi) is 4.89. The highest BCUT2D eigenvalue weighted by Crippen LogP contribution is 2.19. The topological polar surface area (TPSA) is 63.6 Å². The minimum Gasteiger partial charge on any atom is -0.478 e. The lowest BCUT2D eigenvalue weighted by Gasteiger charge is -2.16. The van der Waals surface area contributed by atoms with E-state index in [1.807, 2.05) is 13.8 Å². The van der Waals surface area contributed by atoms with Crippen molar-refractivity contribution in [1.82, 2.24) is 0 Å². The van der Waals surface area contributed by atoms with E-state index in [2.05, 4.69) is 0 Å². The van der Waals surface area contributed by atoms with Crippen LogP contribution in [0, 0.1) is 5.92 Å². The molecule has 0 aliphatic carbocycles. The molecule has 0 bridgehead atoms. The Morgan fingerprint density at radius 2 is 1.78 bits per heavy atom. The number of rotatable bonds is 5. The lowest BCUT2D eigenvalue weighted by Crippen LogP contribution is -2.16. The second-order valence-electron chi connectivity index (χ2n) is 4.32. The largest absolute Gasteiger partial charge is 0.478 e. The maximum Gasteiger partial charge on any atom is 0.335 e. The Hall–Kier alpha value is -1.84. The summed E-state index contributed by atoms with van der Waals surface area (Å²) in [7, 11) is 0. The maximum absolute atomic E-state index is 11.6. The Morgan fingerprint density at radius 1 is 1.22 bits per heavy atom. The van der Waals surface area contributed by atoms with Crippen LogP contribution in [0.4, 0.5) is 0 Å². The van der Waals surface area contributed by atoms with Crippen molar-refractivity contribution in [3.63, 3.8) is 0 Å². The molecule has 0 amide bonds. The van der Waals surface area contributed by atoms with Gasteiger partial charge in [0, 0.05) is 0 Å². The molecule has 18 heavy (non-hydrogen) atoms. The first-order chi connectivity index (χ1) is 8.45. The van der Waals surface area contributed by atoms with Crippen molar-refractivity contribution in [2.24, 2.45) is 5.92 Å². The smallest absolute Gasteiger partial charge is 0.335 e. The van der Waals surface area contributed by atoms with Crippen LogP contribution in [-0.2, 0) is 9.53 Å². The number of carbonyl (C=O) groups excluding carboxylic acids is 1.